The molecule has 0 radical (unpaired) electrons. The van der Waals surface area contributed by atoms with Gasteiger partial charge in [0.25, 0.3) is 0 Å². The van der Waals surface area contributed by atoms with Gasteiger partial charge in [0.05, 0.1) is 6.26 Å². The van der Waals surface area contributed by atoms with Crippen LogP contribution in [-0.4, -0.2) is 39.3 Å². The highest BCUT2D eigenvalue weighted by molar-refractivity contribution is 7.88. The molecular formula is C12H20F2N4O2S. The van der Waals surface area contributed by atoms with Gasteiger partial charge in [-0.3, -0.25) is 0 Å². The molecule has 0 aliphatic rings. The summed E-state index contributed by atoms with van der Waals surface area (Å²) in [5.74, 6) is -1.60. The monoisotopic (exact) mass is 322 g/mol. The first-order valence-electron chi connectivity index (χ1n) is 6.62. The topological polar surface area (TPSA) is 83.1 Å². The summed E-state index contributed by atoms with van der Waals surface area (Å²) in [6.45, 7) is 3.00. The van der Waals surface area contributed by atoms with Crippen molar-refractivity contribution < 1.29 is 17.2 Å². The summed E-state index contributed by atoms with van der Waals surface area (Å²) in [6, 6.07) is 0.766. The summed E-state index contributed by atoms with van der Waals surface area (Å²) < 4.78 is 51.0. The second-order valence-electron chi connectivity index (χ2n) is 4.52. The van der Waals surface area contributed by atoms with E-state index in [1.165, 1.54) is 0 Å². The van der Waals surface area contributed by atoms with E-state index in [2.05, 4.69) is 20.3 Å². The van der Waals surface area contributed by atoms with Crippen molar-refractivity contribution in [3.05, 3.63) is 17.7 Å². The van der Waals surface area contributed by atoms with E-state index in [1.807, 2.05) is 6.92 Å². The molecular weight excluding hydrogens is 302 g/mol. The predicted octanol–water partition coefficient (Wildman–Crippen LogP) is 1.53. The average molecular weight is 322 g/mol. The number of rotatable bonds is 9. The lowest BCUT2D eigenvalue weighted by Crippen LogP contribution is -2.24. The Labute approximate surface area is 123 Å². The van der Waals surface area contributed by atoms with Gasteiger partial charge in [-0.2, -0.15) is 0 Å². The van der Waals surface area contributed by atoms with Crippen LogP contribution in [0.2, 0.25) is 0 Å². The summed E-state index contributed by atoms with van der Waals surface area (Å²) in [5, 5.41) is 5.48. The fourth-order valence-corrected chi connectivity index (χ4v) is 2.03. The first kappa shape index (κ1) is 17.6. The summed E-state index contributed by atoms with van der Waals surface area (Å²) in [6.07, 6.45) is 2.30. The first-order chi connectivity index (χ1) is 9.83. The molecule has 0 saturated heterocycles. The molecule has 0 amide bonds. The van der Waals surface area contributed by atoms with Crippen LogP contribution in [0.1, 0.15) is 19.8 Å². The van der Waals surface area contributed by atoms with Crippen molar-refractivity contribution in [1.82, 2.24) is 9.71 Å². The number of hydrogen-bond donors (Lipinski definition) is 3. The lowest BCUT2D eigenvalue weighted by molar-refractivity contribution is 0.576. The lowest BCUT2D eigenvalue weighted by atomic mass is 10.3. The van der Waals surface area contributed by atoms with Gasteiger partial charge in [0.15, 0.2) is 23.3 Å². The normalized spacial score (nSPS) is 11.4. The van der Waals surface area contributed by atoms with Gasteiger partial charge in [0.2, 0.25) is 10.0 Å². The van der Waals surface area contributed by atoms with Crippen LogP contribution >= 0.6 is 0 Å². The van der Waals surface area contributed by atoms with E-state index in [4.69, 9.17) is 0 Å². The minimum Gasteiger partial charge on any atom is -0.368 e. The van der Waals surface area contributed by atoms with Crippen LogP contribution in [0.4, 0.5) is 20.4 Å². The molecule has 21 heavy (non-hydrogen) atoms. The van der Waals surface area contributed by atoms with Gasteiger partial charge in [-0.25, -0.2) is 26.9 Å². The van der Waals surface area contributed by atoms with Crippen molar-refractivity contribution >= 4 is 21.7 Å². The van der Waals surface area contributed by atoms with Crippen LogP contribution in [0.3, 0.4) is 0 Å². The zero-order valence-corrected chi connectivity index (χ0v) is 12.9. The highest BCUT2D eigenvalue weighted by atomic mass is 32.2. The third-order valence-electron chi connectivity index (χ3n) is 2.48. The molecule has 0 atom stereocenters. The molecule has 1 aromatic heterocycles. The molecule has 120 valence electrons. The summed E-state index contributed by atoms with van der Waals surface area (Å²) in [4.78, 5) is 3.84. The Hall–Kier alpha value is -1.48. The van der Waals surface area contributed by atoms with E-state index in [1.54, 1.807) is 0 Å². The van der Waals surface area contributed by atoms with Crippen molar-refractivity contribution in [1.29, 1.82) is 0 Å². The minimum atomic E-state index is -3.23. The van der Waals surface area contributed by atoms with Gasteiger partial charge in [-0.05, 0) is 12.8 Å². The molecule has 0 bridgehead atoms. The highest BCUT2D eigenvalue weighted by Gasteiger charge is 2.11. The molecule has 1 heterocycles. The zero-order valence-electron chi connectivity index (χ0n) is 12.0. The van der Waals surface area contributed by atoms with E-state index in [0.717, 1.165) is 18.7 Å². The van der Waals surface area contributed by atoms with Crippen LogP contribution in [-0.2, 0) is 10.0 Å². The lowest BCUT2D eigenvalue weighted by Gasteiger charge is -2.11. The number of nitrogens with one attached hydrogen (secondary N) is 3. The molecule has 0 unspecified atom stereocenters. The van der Waals surface area contributed by atoms with E-state index in [0.29, 0.717) is 19.5 Å². The van der Waals surface area contributed by atoms with Gasteiger partial charge in [-0.15, -0.1) is 0 Å². The summed E-state index contributed by atoms with van der Waals surface area (Å²) >= 11 is 0. The van der Waals surface area contributed by atoms with Gasteiger partial charge in [0, 0.05) is 25.7 Å². The van der Waals surface area contributed by atoms with Crippen molar-refractivity contribution in [2.45, 2.75) is 19.8 Å². The predicted molar refractivity (Wildman–Crippen MR) is 78.9 cm³/mol. The van der Waals surface area contributed by atoms with Crippen molar-refractivity contribution in [3.8, 4) is 0 Å². The Bertz CT molecular complexity index is 567. The maximum Gasteiger partial charge on any atom is 0.208 e. The van der Waals surface area contributed by atoms with Crippen molar-refractivity contribution in [2.24, 2.45) is 0 Å². The number of sulfonamides is 1. The van der Waals surface area contributed by atoms with Gasteiger partial charge >= 0.3 is 0 Å². The van der Waals surface area contributed by atoms with E-state index in [9.17, 15) is 17.2 Å². The molecule has 3 N–H and O–H groups in total. The molecule has 0 spiro atoms. The molecule has 1 aromatic rings. The molecule has 1 rings (SSSR count). The Balaban J connectivity index is 2.54. The van der Waals surface area contributed by atoms with E-state index >= 15 is 0 Å². The Kier molecular flexibility index (Phi) is 6.76. The Morgan fingerprint density at radius 3 is 2.19 bits per heavy atom. The van der Waals surface area contributed by atoms with Crippen molar-refractivity contribution in [2.75, 3.05) is 36.5 Å². The van der Waals surface area contributed by atoms with Crippen molar-refractivity contribution in [3.63, 3.8) is 0 Å². The van der Waals surface area contributed by atoms with Crippen LogP contribution in [0, 0.1) is 11.6 Å². The second-order valence-corrected chi connectivity index (χ2v) is 6.36. The number of hydrogen-bond acceptors (Lipinski definition) is 5. The number of pyridine rings is 1. The van der Waals surface area contributed by atoms with Crippen LogP contribution in [0.5, 0.6) is 0 Å². The SMILES string of the molecule is CCCNc1nc(NCCCNS(C)(=O)=O)c(F)cc1F. The number of anilines is 2. The first-order valence-corrected chi connectivity index (χ1v) is 8.51. The number of halogens is 2. The largest absolute Gasteiger partial charge is 0.368 e. The summed E-state index contributed by atoms with van der Waals surface area (Å²) in [7, 11) is -3.23. The van der Waals surface area contributed by atoms with Gasteiger partial charge < -0.3 is 10.6 Å². The quantitative estimate of drug-likeness (QED) is 0.601. The maximum absolute atomic E-state index is 13.5. The maximum atomic E-state index is 13.5. The van der Waals surface area contributed by atoms with Crippen LogP contribution < -0.4 is 15.4 Å². The van der Waals surface area contributed by atoms with Gasteiger partial charge in [0.1, 0.15) is 0 Å². The molecule has 0 aromatic carbocycles. The van der Waals surface area contributed by atoms with Crippen LogP contribution in [0.25, 0.3) is 0 Å². The molecule has 0 fully saturated rings. The standard InChI is InChI=1S/C12H20F2N4O2S/c1-3-5-15-11-9(13)8-10(14)12(18-11)16-6-4-7-17-21(2,19)20/h8,17H,3-7H2,1-2H3,(H2,15,16,18). The molecule has 9 heteroatoms. The third-order valence-corrected chi connectivity index (χ3v) is 3.21. The second kappa shape index (κ2) is 8.08. The highest BCUT2D eigenvalue weighted by Crippen LogP contribution is 2.18. The molecule has 0 saturated carbocycles. The van der Waals surface area contributed by atoms with E-state index < -0.39 is 21.7 Å². The minimum absolute atomic E-state index is 0.00462. The smallest absolute Gasteiger partial charge is 0.208 e. The summed E-state index contributed by atoms with van der Waals surface area (Å²) in [5.41, 5.74) is 0. The average Bonchev–Trinajstić information content (AvgIpc) is 2.38. The fraction of sp³-hybridized carbons (Fsp3) is 0.583. The molecule has 6 nitrogen and oxygen atoms in total. The number of aromatic nitrogens is 1. The van der Waals surface area contributed by atoms with E-state index in [-0.39, 0.29) is 18.2 Å². The fourth-order valence-electron chi connectivity index (χ4n) is 1.51. The number of nitrogens with zero attached hydrogens (tertiary/aromatic N) is 1. The molecule has 0 aliphatic carbocycles. The Morgan fingerprint density at radius 2 is 1.67 bits per heavy atom. The zero-order chi connectivity index (χ0) is 15.9. The molecule has 0 aliphatic heterocycles. The van der Waals surface area contributed by atoms with Crippen LogP contribution in [0.15, 0.2) is 6.07 Å². The Morgan fingerprint density at radius 1 is 1.10 bits per heavy atom. The third kappa shape index (κ3) is 6.67. The van der Waals surface area contributed by atoms with Gasteiger partial charge in [-0.1, -0.05) is 6.92 Å².